The highest BCUT2D eigenvalue weighted by molar-refractivity contribution is 9.11. The summed E-state index contributed by atoms with van der Waals surface area (Å²) in [6.07, 6.45) is 0. The minimum atomic E-state index is -4.06. The maximum atomic E-state index is 12.1. The molecule has 0 aromatic heterocycles. The number of methoxy groups -OCH3 is 1. The Balaban J connectivity index is 3.14. The average Bonchev–Trinajstić information content (AvgIpc) is 2.43. The Morgan fingerprint density at radius 3 is 2.24 bits per heavy atom. The van der Waals surface area contributed by atoms with Crippen molar-refractivity contribution in [1.82, 2.24) is 4.72 Å². The van der Waals surface area contributed by atoms with Crippen LogP contribution in [0.15, 0.2) is 39.3 Å². The van der Waals surface area contributed by atoms with E-state index in [4.69, 9.17) is 0 Å². The fraction of sp³-hybridized carbons (Fsp3) is 0.182. The number of esters is 1. The Hall–Kier alpha value is -1.94. The summed E-state index contributed by atoms with van der Waals surface area (Å²) in [5.41, 5.74) is -0.523. The molecule has 0 fully saturated rings. The average molecular weight is 379 g/mol. The number of non-ortho nitro benzene ring substituents is 1. The van der Waals surface area contributed by atoms with E-state index >= 15 is 0 Å². The zero-order valence-electron chi connectivity index (χ0n) is 11.0. The molecule has 0 saturated carbocycles. The molecule has 8 nitrogen and oxygen atoms in total. The largest absolute Gasteiger partial charge is 0.464 e. The maximum absolute atomic E-state index is 12.1. The van der Waals surface area contributed by atoms with E-state index < -0.39 is 20.9 Å². The molecule has 1 N–H and O–H groups in total. The molecule has 0 aliphatic rings. The first-order valence-electron chi connectivity index (χ1n) is 5.41. The summed E-state index contributed by atoms with van der Waals surface area (Å²) < 4.78 is 31.0. The van der Waals surface area contributed by atoms with E-state index in [-0.39, 0.29) is 20.8 Å². The molecule has 21 heavy (non-hydrogen) atoms. The van der Waals surface area contributed by atoms with Crippen LogP contribution in [0.1, 0.15) is 6.92 Å². The van der Waals surface area contributed by atoms with Crippen LogP contribution in [-0.4, -0.2) is 26.4 Å². The lowest BCUT2D eigenvalue weighted by molar-refractivity contribution is -0.384. The zero-order chi connectivity index (χ0) is 16.2. The lowest BCUT2D eigenvalue weighted by Crippen LogP contribution is -2.28. The molecular formula is C11H11BrN2O6S. The summed E-state index contributed by atoms with van der Waals surface area (Å²) in [5, 5.41) is 10.5. The molecule has 114 valence electrons. The number of nitro groups is 1. The number of carbonyl (C=O) groups excluding carboxylic acids is 1. The van der Waals surface area contributed by atoms with Crippen LogP contribution in [0.2, 0.25) is 0 Å². The molecule has 0 heterocycles. The van der Waals surface area contributed by atoms with E-state index in [0.29, 0.717) is 0 Å². The molecule has 1 aromatic rings. The van der Waals surface area contributed by atoms with E-state index in [9.17, 15) is 23.3 Å². The first-order chi connectivity index (χ1) is 9.69. The first-order valence-corrected chi connectivity index (χ1v) is 7.68. The number of benzene rings is 1. The van der Waals surface area contributed by atoms with Gasteiger partial charge in [-0.2, -0.15) is 0 Å². The molecule has 0 spiro atoms. The Kier molecular flexibility index (Phi) is 5.44. The van der Waals surface area contributed by atoms with Crippen LogP contribution in [0.3, 0.4) is 0 Å². The lowest BCUT2D eigenvalue weighted by atomic mass is 10.3. The van der Waals surface area contributed by atoms with E-state index in [2.05, 4.69) is 25.4 Å². The molecule has 1 aromatic carbocycles. The second kappa shape index (κ2) is 6.68. The van der Waals surface area contributed by atoms with Gasteiger partial charge in [0.05, 0.1) is 16.9 Å². The van der Waals surface area contributed by atoms with E-state index in [1.165, 1.54) is 6.92 Å². The van der Waals surface area contributed by atoms with Gasteiger partial charge in [0.2, 0.25) is 0 Å². The van der Waals surface area contributed by atoms with E-state index in [1.807, 2.05) is 0 Å². The number of hydrogen-bond donors (Lipinski definition) is 1. The van der Waals surface area contributed by atoms with Crippen LogP contribution in [0.25, 0.3) is 0 Å². The van der Waals surface area contributed by atoms with Gasteiger partial charge < -0.3 is 4.74 Å². The molecule has 0 radical (unpaired) electrons. The van der Waals surface area contributed by atoms with Gasteiger partial charge in [-0.1, -0.05) is 15.9 Å². The summed E-state index contributed by atoms with van der Waals surface area (Å²) in [4.78, 5) is 21.1. The molecule has 0 bridgehead atoms. The Morgan fingerprint density at radius 1 is 1.33 bits per heavy atom. The molecule has 1 rings (SSSR count). The van der Waals surface area contributed by atoms with Gasteiger partial charge in [-0.05, 0) is 19.1 Å². The number of ether oxygens (including phenoxy) is 1. The predicted molar refractivity (Wildman–Crippen MR) is 77.1 cm³/mol. The SMILES string of the molecule is COC(=O)/C(NS(=O)(=O)c1ccc([N+](=O)[O-])cc1)=C(\C)Br. The molecule has 0 saturated heterocycles. The second-order valence-corrected chi connectivity index (χ2v) is 6.63. The number of nitrogens with one attached hydrogen (secondary N) is 1. The van der Waals surface area contributed by atoms with Crippen molar-refractivity contribution >= 4 is 37.6 Å². The van der Waals surface area contributed by atoms with E-state index in [1.54, 1.807) is 0 Å². The van der Waals surface area contributed by atoms with Crippen molar-refractivity contribution in [3.8, 4) is 0 Å². The molecule has 0 atom stereocenters. The third-order valence-electron chi connectivity index (χ3n) is 2.33. The molecule has 0 unspecified atom stereocenters. The quantitative estimate of drug-likeness (QED) is 0.360. The minimum absolute atomic E-state index is 0.219. The summed E-state index contributed by atoms with van der Waals surface area (Å²) in [7, 11) is -2.95. The third-order valence-corrected chi connectivity index (χ3v) is 4.09. The Bertz CT molecular complexity index is 692. The highest BCUT2D eigenvalue weighted by Gasteiger charge is 2.22. The van der Waals surface area contributed by atoms with Crippen molar-refractivity contribution in [2.45, 2.75) is 11.8 Å². The number of carbonyl (C=O) groups is 1. The number of sulfonamides is 1. The summed E-state index contributed by atoms with van der Waals surface area (Å²) in [5.74, 6) is -0.866. The van der Waals surface area contributed by atoms with Crippen LogP contribution < -0.4 is 4.72 Å². The van der Waals surface area contributed by atoms with Crippen LogP contribution in [0.4, 0.5) is 5.69 Å². The zero-order valence-corrected chi connectivity index (χ0v) is 13.4. The Labute approximate surface area is 129 Å². The highest BCUT2D eigenvalue weighted by Crippen LogP contribution is 2.18. The number of allylic oxidation sites excluding steroid dienone is 1. The fourth-order valence-corrected chi connectivity index (χ4v) is 2.80. The highest BCUT2D eigenvalue weighted by atomic mass is 79.9. The second-order valence-electron chi connectivity index (χ2n) is 3.76. The monoisotopic (exact) mass is 378 g/mol. The van der Waals surface area contributed by atoms with Gasteiger partial charge in [0.15, 0.2) is 0 Å². The topological polar surface area (TPSA) is 116 Å². The van der Waals surface area contributed by atoms with Crippen LogP contribution in [0, 0.1) is 10.1 Å². The Morgan fingerprint density at radius 2 is 1.86 bits per heavy atom. The van der Waals surface area contributed by atoms with Gasteiger partial charge in [0, 0.05) is 16.6 Å². The van der Waals surface area contributed by atoms with Crippen molar-refractivity contribution in [2.24, 2.45) is 0 Å². The van der Waals surface area contributed by atoms with Crippen LogP contribution in [-0.2, 0) is 19.6 Å². The number of rotatable bonds is 5. The van der Waals surface area contributed by atoms with Gasteiger partial charge in [0.1, 0.15) is 5.70 Å². The number of nitro benzene ring substituents is 1. The van der Waals surface area contributed by atoms with Gasteiger partial charge in [-0.25, -0.2) is 13.2 Å². The van der Waals surface area contributed by atoms with Crippen molar-refractivity contribution in [1.29, 1.82) is 0 Å². The van der Waals surface area contributed by atoms with Crippen molar-refractivity contribution in [2.75, 3.05) is 7.11 Å². The number of nitrogens with zero attached hydrogens (tertiary/aromatic N) is 1. The molecular weight excluding hydrogens is 368 g/mol. The van der Waals surface area contributed by atoms with Crippen molar-refractivity contribution < 1.29 is 22.9 Å². The molecule has 0 amide bonds. The first kappa shape index (κ1) is 17.1. The van der Waals surface area contributed by atoms with Crippen LogP contribution in [0.5, 0.6) is 0 Å². The van der Waals surface area contributed by atoms with Gasteiger partial charge in [-0.3, -0.25) is 14.8 Å². The van der Waals surface area contributed by atoms with Gasteiger partial charge in [0.25, 0.3) is 15.7 Å². The predicted octanol–water partition coefficient (Wildman–Crippen LogP) is 1.67. The molecule has 0 aliphatic heterocycles. The number of halogens is 1. The lowest BCUT2D eigenvalue weighted by Gasteiger charge is -2.11. The van der Waals surface area contributed by atoms with Crippen molar-refractivity contribution in [3.05, 3.63) is 44.6 Å². The van der Waals surface area contributed by atoms with Crippen molar-refractivity contribution in [3.63, 3.8) is 0 Å². The molecule has 10 heteroatoms. The fourth-order valence-electron chi connectivity index (χ4n) is 1.29. The van der Waals surface area contributed by atoms with Gasteiger partial charge >= 0.3 is 5.97 Å². The van der Waals surface area contributed by atoms with Crippen LogP contribution >= 0.6 is 15.9 Å². The summed E-state index contributed by atoms with van der Waals surface area (Å²) in [6, 6.07) is 4.24. The minimum Gasteiger partial charge on any atom is -0.464 e. The van der Waals surface area contributed by atoms with E-state index in [0.717, 1.165) is 31.4 Å². The normalized spacial score (nSPS) is 12.3. The third kappa shape index (κ3) is 4.26. The summed E-state index contributed by atoms with van der Waals surface area (Å²) >= 11 is 3.00. The smallest absolute Gasteiger partial charge is 0.355 e. The standard InChI is InChI=1S/C11H11BrN2O6S/c1-7(12)10(11(15)20-2)13-21(18,19)9-5-3-8(4-6-9)14(16)17/h3-6,13H,1-2H3/b10-7-. The summed E-state index contributed by atoms with van der Waals surface area (Å²) in [6.45, 7) is 1.46. The maximum Gasteiger partial charge on any atom is 0.355 e. The number of hydrogen-bond acceptors (Lipinski definition) is 6. The molecule has 0 aliphatic carbocycles. The van der Waals surface area contributed by atoms with Gasteiger partial charge in [-0.15, -0.1) is 0 Å².